The molecule has 0 aliphatic rings. The molecule has 0 bridgehead atoms. The van der Waals surface area contributed by atoms with Crippen LogP contribution in [0.25, 0.3) is 0 Å². The number of aliphatic hydroxyl groups excluding tert-OH is 1. The Kier molecular flexibility index (Phi) is 4.78. The van der Waals surface area contributed by atoms with Crippen LogP contribution in [0.2, 0.25) is 0 Å². The first kappa shape index (κ1) is 15.7. The summed E-state index contributed by atoms with van der Waals surface area (Å²) in [4.78, 5) is -0.114. The van der Waals surface area contributed by atoms with E-state index in [4.69, 9.17) is 10.9 Å². The van der Waals surface area contributed by atoms with Crippen molar-refractivity contribution in [3.63, 3.8) is 0 Å². The number of rotatable bonds is 6. The fourth-order valence-electron chi connectivity index (χ4n) is 1.88. The van der Waals surface area contributed by atoms with Crippen molar-refractivity contribution >= 4 is 21.4 Å². The molecule has 0 aromatic heterocycles. The summed E-state index contributed by atoms with van der Waals surface area (Å²) in [6, 6.07) is 4.58. The van der Waals surface area contributed by atoms with Crippen LogP contribution in [0.3, 0.4) is 0 Å². The molecule has 0 fully saturated rings. The number of sulfonamides is 1. The summed E-state index contributed by atoms with van der Waals surface area (Å²) in [5.41, 5.74) is 5.85. The molecule has 1 rings (SSSR count). The van der Waals surface area contributed by atoms with Crippen LogP contribution in [0.15, 0.2) is 23.1 Å². The molecule has 0 heterocycles. The van der Waals surface area contributed by atoms with E-state index in [2.05, 4.69) is 5.32 Å². The van der Waals surface area contributed by atoms with E-state index in [1.165, 1.54) is 6.07 Å². The largest absolute Gasteiger partial charge is 0.396 e. The number of aliphatic hydroxyl groups is 1. The van der Waals surface area contributed by atoms with Crippen molar-refractivity contribution in [1.82, 2.24) is 0 Å². The smallest absolute Gasteiger partial charge is 0.240 e. The predicted molar refractivity (Wildman–Crippen MR) is 76.2 cm³/mol. The van der Waals surface area contributed by atoms with Gasteiger partial charge in [-0.05, 0) is 25.0 Å². The molecule has 0 aliphatic heterocycles. The summed E-state index contributed by atoms with van der Waals surface area (Å²) in [7, 11) is -3.86. The lowest BCUT2D eigenvalue weighted by atomic mass is 9.93. The van der Waals surface area contributed by atoms with Gasteiger partial charge >= 0.3 is 0 Å². The minimum atomic E-state index is -3.86. The molecule has 0 unspecified atom stereocenters. The van der Waals surface area contributed by atoms with Gasteiger partial charge in [-0.1, -0.05) is 19.9 Å². The van der Waals surface area contributed by atoms with Crippen LogP contribution in [0.1, 0.15) is 26.7 Å². The van der Waals surface area contributed by atoms with Crippen LogP contribution >= 0.6 is 0 Å². The number of nitrogens with one attached hydrogen (secondary N) is 1. The lowest BCUT2D eigenvalue weighted by Crippen LogP contribution is -2.41. The maximum absolute atomic E-state index is 11.4. The number of hydrogen-bond donors (Lipinski definition) is 4. The topological polar surface area (TPSA) is 118 Å². The molecule has 108 valence electrons. The first-order valence-corrected chi connectivity index (χ1v) is 7.64. The molecule has 19 heavy (non-hydrogen) atoms. The van der Waals surface area contributed by atoms with Crippen LogP contribution in [0.5, 0.6) is 0 Å². The van der Waals surface area contributed by atoms with Crippen molar-refractivity contribution < 1.29 is 13.5 Å². The highest BCUT2D eigenvalue weighted by Gasteiger charge is 2.26. The first-order chi connectivity index (χ1) is 8.79. The zero-order valence-corrected chi connectivity index (χ0v) is 12.0. The van der Waals surface area contributed by atoms with Crippen LogP contribution in [-0.4, -0.2) is 25.7 Å². The second-order valence-electron chi connectivity index (χ2n) is 4.53. The molecule has 0 radical (unpaired) electrons. The highest BCUT2D eigenvalue weighted by Crippen LogP contribution is 2.30. The quantitative estimate of drug-likeness (QED) is 0.579. The Balaban J connectivity index is 3.23. The van der Waals surface area contributed by atoms with Gasteiger partial charge in [0.2, 0.25) is 10.0 Å². The average molecular weight is 287 g/mol. The van der Waals surface area contributed by atoms with Gasteiger partial charge in [0, 0.05) is 0 Å². The lowest BCUT2D eigenvalue weighted by Gasteiger charge is -2.32. The Morgan fingerprint density at radius 1 is 1.32 bits per heavy atom. The minimum Gasteiger partial charge on any atom is -0.396 e. The maximum atomic E-state index is 11.4. The molecular formula is C12H21N3O3S. The molecule has 0 saturated heterocycles. The van der Waals surface area contributed by atoms with Crippen molar-refractivity contribution in [3.05, 3.63) is 18.2 Å². The van der Waals surface area contributed by atoms with E-state index in [0.29, 0.717) is 18.5 Å². The Labute approximate surface area is 113 Å². The third kappa shape index (κ3) is 3.37. The SMILES string of the molecule is CCC(CC)(CO)Nc1cccc(S(N)(=O)=O)c1N. The molecule has 0 spiro atoms. The molecule has 6 N–H and O–H groups in total. The van der Waals surface area contributed by atoms with Crippen LogP contribution in [0, 0.1) is 0 Å². The summed E-state index contributed by atoms with van der Waals surface area (Å²) < 4.78 is 22.8. The first-order valence-electron chi connectivity index (χ1n) is 6.10. The highest BCUT2D eigenvalue weighted by molar-refractivity contribution is 7.89. The van der Waals surface area contributed by atoms with Gasteiger partial charge in [-0.25, -0.2) is 13.6 Å². The summed E-state index contributed by atoms with van der Waals surface area (Å²) >= 11 is 0. The second kappa shape index (κ2) is 5.77. The second-order valence-corrected chi connectivity index (χ2v) is 6.06. The Hall–Kier alpha value is -1.31. The number of nitrogens with two attached hydrogens (primary N) is 2. The molecular weight excluding hydrogens is 266 g/mol. The zero-order chi connectivity index (χ0) is 14.7. The molecule has 0 saturated carbocycles. The van der Waals surface area contributed by atoms with E-state index in [9.17, 15) is 13.5 Å². The summed E-state index contributed by atoms with van der Waals surface area (Å²) in [6.07, 6.45) is 1.36. The van der Waals surface area contributed by atoms with Gasteiger partial charge in [0.05, 0.1) is 23.5 Å². The fraction of sp³-hybridized carbons (Fsp3) is 0.500. The summed E-state index contributed by atoms with van der Waals surface area (Å²) in [5.74, 6) is 0. The Morgan fingerprint density at radius 3 is 2.32 bits per heavy atom. The molecule has 0 atom stereocenters. The van der Waals surface area contributed by atoms with Gasteiger partial charge < -0.3 is 16.2 Å². The number of benzene rings is 1. The molecule has 1 aromatic rings. The number of para-hydroxylation sites is 1. The van der Waals surface area contributed by atoms with Gasteiger partial charge in [0.25, 0.3) is 0 Å². The normalized spacial score (nSPS) is 12.4. The van der Waals surface area contributed by atoms with Crippen molar-refractivity contribution in [3.8, 4) is 0 Å². The monoisotopic (exact) mass is 287 g/mol. The number of hydrogen-bond acceptors (Lipinski definition) is 5. The Morgan fingerprint density at radius 2 is 1.89 bits per heavy atom. The average Bonchev–Trinajstić information content (AvgIpc) is 2.37. The highest BCUT2D eigenvalue weighted by atomic mass is 32.2. The zero-order valence-electron chi connectivity index (χ0n) is 11.2. The van der Waals surface area contributed by atoms with Crippen LogP contribution in [0.4, 0.5) is 11.4 Å². The van der Waals surface area contributed by atoms with Gasteiger partial charge in [-0.15, -0.1) is 0 Å². The number of primary sulfonamides is 1. The summed E-state index contributed by atoms with van der Waals surface area (Å²) in [6.45, 7) is 3.80. The van der Waals surface area contributed by atoms with E-state index in [-0.39, 0.29) is 17.2 Å². The van der Waals surface area contributed by atoms with Crippen molar-refractivity contribution in [2.75, 3.05) is 17.7 Å². The van der Waals surface area contributed by atoms with E-state index in [1.54, 1.807) is 12.1 Å². The molecule has 7 heteroatoms. The molecule has 0 amide bonds. The van der Waals surface area contributed by atoms with Crippen molar-refractivity contribution in [1.29, 1.82) is 0 Å². The van der Waals surface area contributed by atoms with E-state index in [1.807, 2.05) is 13.8 Å². The standard InChI is InChI=1S/C12H21N3O3S/c1-3-12(4-2,8-16)15-9-6-5-7-10(11(9)13)19(14,17)18/h5-7,15-16H,3-4,8,13H2,1-2H3,(H2,14,17,18). The molecule has 6 nitrogen and oxygen atoms in total. The van der Waals surface area contributed by atoms with E-state index in [0.717, 1.165) is 0 Å². The van der Waals surface area contributed by atoms with E-state index < -0.39 is 15.6 Å². The van der Waals surface area contributed by atoms with Gasteiger partial charge in [0.15, 0.2) is 0 Å². The van der Waals surface area contributed by atoms with Gasteiger partial charge in [-0.2, -0.15) is 0 Å². The minimum absolute atomic E-state index is 0.0704. The van der Waals surface area contributed by atoms with E-state index >= 15 is 0 Å². The fourth-order valence-corrected chi connectivity index (χ4v) is 2.56. The predicted octanol–water partition coefficient (Wildman–Crippen LogP) is 0.879. The third-order valence-corrected chi connectivity index (χ3v) is 4.40. The van der Waals surface area contributed by atoms with Crippen molar-refractivity contribution in [2.24, 2.45) is 5.14 Å². The number of nitrogen functional groups attached to an aromatic ring is 1. The lowest BCUT2D eigenvalue weighted by molar-refractivity contribution is 0.202. The third-order valence-electron chi connectivity index (χ3n) is 3.43. The van der Waals surface area contributed by atoms with Crippen LogP contribution in [-0.2, 0) is 10.0 Å². The summed E-state index contributed by atoms with van der Waals surface area (Å²) in [5, 5.41) is 17.7. The van der Waals surface area contributed by atoms with Crippen molar-refractivity contribution in [2.45, 2.75) is 37.1 Å². The van der Waals surface area contributed by atoms with Gasteiger partial charge in [-0.3, -0.25) is 0 Å². The van der Waals surface area contributed by atoms with Crippen LogP contribution < -0.4 is 16.2 Å². The number of anilines is 2. The Bertz CT molecular complexity index is 531. The van der Waals surface area contributed by atoms with Gasteiger partial charge in [0.1, 0.15) is 4.90 Å². The molecule has 0 aliphatic carbocycles. The molecule has 1 aromatic carbocycles. The maximum Gasteiger partial charge on any atom is 0.240 e.